The predicted octanol–water partition coefficient (Wildman–Crippen LogP) is -0.0274. The highest BCUT2D eigenvalue weighted by atomic mass is 32.2. The molecular formula is C12H17N3O4S. The summed E-state index contributed by atoms with van der Waals surface area (Å²) in [6, 6.07) is 1.58. The van der Waals surface area contributed by atoms with E-state index in [-0.39, 0.29) is 23.9 Å². The van der Waals surface area contributed by atoms with E-state index in [4.69, 9.17) is 4.74 Å². The molecule has 1 aromatic rings. The molecule has 1 unspecified atom stereocenters. The second-order valence-corrected chi connectivity index (χ2v) is 7.53. The van der Waals surface area contributed by atoms with Gasteiger partial charge in [-0.2, -0.15) is 5.10 Å². The number of carbonyl (C=O) groups excluding carboxylic acids is 1. The Kier molecular flexibility index (Phi) is 3.41. The summed E-state index contributed by atoms with van der Waals surface area (Å²) in [5.74, 6) is 0.455. The minimum atomic E-state index is -3.06. The van der Waals surface area contributed by atoms with E-state index in [0.29, 0.717) is 25.5 Å². The number of sulfone groups is 1. The molecule has 3 heterocycles. The van der Waals surface area contributed by atoms with Crippen molar-refractivity contribution in [3.05, 3.63) is 11.8 Å². The van der Waals surface area contributed by atoms with E-state index in [1.165, 1.54) is 0 Å². The van der Waals surface area contributed by atoms with Crippen LogP contribution in [0.25, 0.3) is 0 Å². The zero-order valence-electron chi connectivity index (χ0n) is 11.0. The number of fused-ring (bicyclic) bond motifs is 1. The van der Waals surface area contributed by atoms with Crippen LogP contribution in [0.4, 0.5) is 0 Å². The number of ether oxygens (including phenoxy) is 1. The Hall–Kier alpha value is -1.57. The molecule has 2 aliphatic heterocycles. The summed E-state index contributed by atoms with van der Waals surface area (Å²) in [5.41, 5.74) is 0.271. The lowest BCUT2D eigenvalue weighted by Gasteiger charge is -2.22. The van der Waals surface area contributed by atoms with Crippen molar-refractivity contribution in [1.82, 2.24) is 15.1 Å². The normalized spacial score (nSPS) is 23.9. The molecule has 0 aliphatic carbocycles. The highest BCUT2D eigenvalue weighted by Crippen LogP contribution is 2.20. The minimum Gasteiger partial charge on any atom is -0.476 e. The average molecular weight is 299 g/mol. The van der Waals surface area contributed by atoms with Crippen LogP contribution in [-0.2, 0) is 16.4 Å². The second-order valence-electron chi connectivity index (χ2n) is 5.13. The molecule has 110 valence electrons. The molecule has 8 heteroatoms. The second kappa shape index (κ2) is 5.08. The Balaban J connectivity index is 1.61. The third kappa shape index (κ3) is 2.52. The maximum Gasteiger partial charge on any atom is 0.271 e. The first-order valence-corrected chi connectivity index (χ1v) is 8.48. The Bertz CT molecular complexity index is 601. The first kappa shape index (κ1) is 13.4. The van der Waals surface area contributed by atoms with Crippen LogP contribution in [-0.4, -0.2) is 48.3 Å². The molecule has 1 saturated heterocycles. The summed E-state index contributed by atoms with van der Waals surface area (Å²) < 4.78 is 30.6. The van der Waals surface area contributed by atoms with Gasteiger partial charge in [-0.3, -0.25) is 4.79 Å². The van der Waals surface area contributed by atoms with E-state index in [1.807, 2.05) is 0 Å². The third-order valence-corrected chi connectivity index (χ3v) is 6.01. The molecule has 1 fully saturated rings. The Morgan fingerprint density at radius 2 is 2.35 bits per heavy atom. The topological polar surface area (TPSA) is 90.3 Å². The number of hydrogen-bond acceptors (Lipinski definition) is 5. The number of hydrogen-bond donors (Lipinski definition) is 1. The third-order valence-electron chi connectivity index (χ3n) is 3.73. The smallest absolute Gasteiger partial charge is 0.271 e. The number of aromatic nitrogens is 2. The van der Waals surface area contributed by atoms with Gasteiger partial charge in [0.1, 0.15) is 6.61 Å². The van der Waals surface area contributed by atoms with E-state index in [9.17, 15) is 13.2 Å². The van der Waals surface area contributed by atoms with Crippen molar-refractivity contribution in [2.75, 3.05) is 18.9 Å². The summed E-state index contributed by atoms with van der Waals surface area (Å²) >= 11 is 0. The van der Waals surface area contributed by atoms with Crippen LogP contribution < -0.4 is 10.1 Å². The molecule has 0 saturated carbocycles. The minimum absolute atomic E-state index is 0.157. The van der Waals surface area contributed by atoms with Gasteiger partial charge in [-0.15, -0.1) is 0 Å². The summed E-state index contributed by atoms with van der Waals surface area (Å²) in [6.45, 7) is 1.37. The highest BCUT2D eigenvalue weighted by Gasteiger charge is 2.29. The fraction of sp³-hybridized carbons (Fsp3) is 0.667. The summed E-state index contributed by atoms with van der Waals surface area (Å²) in [4.78, 5) is 12.0. The number of rotatable bonds is 3. The molecule has 20 heavy (non-hydrogen) atoms. The van der Waals surface area contributed by atoms with Gasteiger partial charge in [-0.05, 0) is 12.8 Å². The van der Waals surface area contributed by atoms with Gasteiger partial charge < -0.3 is 10.1 Å². The van der Waals surface area contributed by atoms with Crippen molar-refractivity contribution in [2.24, 2.45) is 0 Å². The first-order chi connectivity index (χ1) is 9.56. The van der Waals surface area contributed by atoms with Crippen molar-refractivity contribution in [2.45, 2.75) is 31.1 Å². The van der Waals surface area contributed by atoms with Crippen LogP contribution in [0.1, 0.15) is 29.8 Å². The van der Waals surface area contributed by atoms with Gasteiger partial charge in [0.05, 0.1) is 17.5 Å². The number of nitrogens with one attached hydrogen (secondary N) is 1. The molecule has 7 nitrogen and oxygen atoms in total. The maximum absolute atomic E-state index is 12.0. The lowest BCUT2D eigenvalue weighted by atomic mass is 10.2. The monoisotopic (exact) mass is 299 g/mol. The van der Waals surface area contributed by atoms with E-state index >= 15 is 0 Å². The van der Waals surface area contributed by atoms with Crippen molar-refractivity contribution in [1.29, 1.82) is 0 Å². The zero-order valence-corrected chi connectivity index (χ0v) is 11.9. The van der Waals surface area contributed by atoms with Gasteiger partial charge in [0.25, 0.3) is 5.91 Å². The molecule has 1 atom stereocenters. The number of carbonyl (C=O) groups is 1. The Morgan fingerprint density at radius 3 is 3.10 bits per heavy atom. The van der Waals surface area contributed by atoms with Crippen LogP contribution in [0.5, 0.6) is 5.88 Å². The van der Waals surface area contributed by atoms with Crippen molar-refractivity contribution < 1.29 is 17.9 Å². The fourth-order valence-electron chi connectivity index (χ4n) is 2.57. The van der Waals surface area contributed by atoms with Gasteiger partial charge in [-0.25, -0.2) is 13.1 Å². The first-order valence-electron chi connectivity index (χ1n) is 6.77. The molecule has 0 radical (unpaired) electrons. The molecule has 3 rings (SSSR count). The Labute approximate surface area is 117 Å². The van der Waals surface area contributed by atoms with Crippen LogP contribution in [0, 0.1) is 0 Å². The van der Waals surface area contributed by atoms with Crippen molar-refractivity contribution >= 4 is 15.7 Å². The Morgan fingerprint density at radius 1 is 1.50 bits per heavy atom. The lowest BCUT2D eigenvalue weighted by Crippen LogP contribution is -2.39. The average Bonchev–Trinajstić information content (AvgIpc) is 2.97. The van der Waals surface area contributed by atoms with Gasteiger partial charge >= 0.3 is 0 Å². The molecule has 0 aromatic carbocycles. The molecule has 1 amide bonds. The molecule has 1 aromatic heterocycles. The van der Waals surface area contributed by atoms with Crippen LogP contribution in [0.15, 0.2) is 6.07 Å². The predicted molar refractivity (Wildman–Crippen MR) is 71.5 cm³/mol. The van der Waals surface area contributed by atoms with Crippen molar-refractivity contribution in [3.63, 3.8) is 0 Å². The van der Waals surface area contributed by atoms with Gasteiger partial charge in [-0.1, -0.05) is 6.42 Å². The van der Waals surface area contributed by atoms with Crippen LogP contribution in [0.3, 0.4) is 0 Å². The summed E-state index contributed by atoms with van der Waals surface area (Å²) in [7, 11) is -3.06. The summed E-state index contributed by atoms with van der Waals surface area (Å²) in [6.07, 6.45) is 2.23. The summed E-state index contributed by atoms with van der Waals surface area (Å²) in [5, 5.41) is 6.32. The molecule has 0 bridgehead atoms. The van der Waals surface area contributed by atoms with Gasteiger partial charge in [0, 0.05) is 12.6 Å². The molecule has 2 aliphatic rings. The van der Waals surface area contributed by atoms with Gasteiger partial charge in [0.2, 0.25) is 5.88 Å². The van der Waals surface area contributed by atoms with Gasteiger partial charge in [0.15, 0.2) is 15.5 Å². The fourth-order valence-corrected chi connectivity index (χ4v) is 4.37. The zero-order chi connectivity index (χ0) is 14.2. The maximum atomic E-state index is 12.0. The molecule has 0 spiro atoms. The standard InChI is InChI=1S/C12H17N3O4S/c16-12(10-7-11-15(14-10)4-5-19-11)13-8-9-3-1-2-6-20(9,17)18/h7,9H,1-6,8H2,(H,13,16). The number of nitrogens with zero attached hydrogens (tertiary/aromatic N) is 2. The largest absolute Gasteiger partial charge is 0.476 e. The lowest BCUT2D eigenvalue weighted by molar-refractivity contribution is 0.0947. The molecular weight excluding hydrogens is 282 g/mol. The van der Waals surface area contributed by atoms with Crippen LogP contribution >= 0.6 is 0 Å². The highest BCUT2D eigenvalue weighted by molar-refractivity contribution is 7.92. The van der Waals surface area contributed by atoms with E-state index < -0.39 is 15.1 Å². The van der Waals surface area contributed by atoms with E-state index in [0.717, 1.165) is 12.8 Å². The van der Waals surface area contributed by atoms with Crippen molar-refractivity contribution in [3.8, 4) is 5.88 Å². The quantitative estimate of drug-likeness (QED) is 0.846. The van der Waals surface area contributed by atoms with E-state index in [2.05, 4.69) is 10.4 Å². The SMILES string of the molecule is O=C(NCC1CCCCS1(=O)=O)c1cc2n(n1)CCO2. The van der Waals surface area contributed by atoms with E-state index in [1.54, 1.807) is 10.7 Å². The van der Waals surface area contributed by atoms with Crippen LogP contribution in [0.2, 0.25) is 0 Å². The number of amides is 1. The molecule has 1 N–H and O–H groups in total.